The Kier molecular flexibility index (Phi) is 16.1. The number of nitrogens with zero attached hydrogens (tertiary/aromatic N) is 1. The summed E-state index contributed by atoms with van der Waals surface area (Å²) in [5.41, 5.74) is 10.2. The van der Waals surface area contributed by atoms with Crippen LogP contribution in [0.4, 0.5) is 0 Å². The van der Waals surface area contributed by atoms with Gasteiger partial charge < -0.3 is 46.3 Å². The molecule has 5 aliphatic rings. The van der Waals surface area contributed by atoms with E-state index < -0.39 is 72.4 Å². The third-order valence-electron chi connectivity index (χ3n) is 15.5. The molecular weight excluding hydrogens is 859 g/mol. The summed E-state index contributed by atoms with van der Waals surface area (Å²) in [4.78, 5) is 72.1. The molecule has 0 radical (unpaired) electrons. The van der Waals surface area contributed by atoms with Gasteiger partial charge >= 0.3 is 7.12 Å². The number of nitrogens with two attached hydrogens (primary N) is 1. The van der Waals surface area contributed by atoms with Crippen molar-refractivity contribution in [3.05, 3.63) is 89.0 Å². The summed E-state index contributed by atoms with van der Waals surface area (Å²) in [7, 11) is 0.850. The Bertz CT molecular complexity index is 2290. The van der Waals surface area contributed by atoms with Gasteiger partial charge in [-0.2, -0.15) is 0 Å². The van der Waals surface area contributed by atoms with Crippen molar-refractivity contribution < 1.29 is 38.4 Å². The molecule has 9 unspecified atom stereocenters. The van der Waals surface area contributed by atoms with Crippen molar-refractivity contribution in [2.75, 3.05) is 13.6 Å². The Hall–Kier alpha value is -5.25. The lowest BCUT2D eigenvalue weighted by Gasteiger charge is -2.64. The highest BCUT2D eigenvalue weighted by atomic mass is 16.7. The zero-order valence-electron chi connectivity index (χ0n) is 41.1. The number of amides is 5. The maximum Gasteiger partial charge on any atom is 0.481 e. The number of phenols is 1. The van der Waals surface area contributed by atoms with E-state index in [0.717, 1.165) is 43.2 Å². The minimum Gasteiger partial charge on any atom is -0.508 e. The van der Waals surface area contributed by atoms with Crippen LogP contribution in [0, 0.1) is 17.3 Å². The molecule has 5 amide bonds. The van der Waals surface area contributed by atoms with Crippen molar-refractivity contribution in [3.8, 4) is 16.9 Å². The van der Waals surface area contributed by atoms with Crippen LogP contribution in [0.3, 0.4) is 0 Å². The van der Waals surface area contributed by atoms with Gasteiger partial charge in [-0.25, -0.2) is 0 Å². The second-order valence-electron chi connectivity index (χ2n) is 20.6. The molecule has 3 aromatic carbocycles. The molecule has 4 fully saturated rings. The molecule has 4 bridgehead atoms. The van der Waals surface area contributed by atoms with Crippen molar-refractivity contribution in [1.29, 1.82) is 0 Å². The highest BCUT2D eigenvalue weighted by Gasteiger charge is 2.68. The molecule has 366 valence electrons. The average Bonchev–Trinajstić information content (AvgIpc) is 3.69. The summed E-state index contributed by atoms with van der Waals surface area (Å²) in [6.45, 7) is 12.7. The van der Waals surface area contributed by atoms with Gasteiger partial charge in [0.05, 0.1) is 17.6 Å². The van der Waals surface area contributed by atoms with Crippen molar-refractivity contribution in [3.63, 3.8) is 0 Å². The van der Waals surface area contributed by atoms with Crippen molar-refractivity contribution in [2.24, 2.45) is 23.0 Å². The number of fused-ring (bicyclic) bond motifs is 2. The second kappa shape index (κ2) is 21.6. The smallest absolute Gasteiger partial charge is 0.481 e. The van der Waals surface area contributed by atoms with E-state index >= 15 is 0 Å². The molecule has 8 rings (SSSR count). The SMILES string of the molecule is CCCCc1ccc(-c2ccc(C(=O)NC(CCCCN)C(=O)N(C)C3C(=O)NC(C)C(=O)NC(C(=O)NC(C)B4OC5CC6CC(C6(C)C)C5(C)O4)CCCCc4cc3ccc4O)cc2)cc1. The molecule has 9 atom stereocenters. The number of rotatable bonds is 15. The molecule has 68 heavy (non-hydrogen) atoms. The summed E-state index contributed by atoms with van der Waals surface area (Å²) in [6, 6.07) is 16.1. The van der Waals surface area contributed by atoms with Crippen LogP contribution in [0.5, 0.6) is 5.75 Å². The highest BCUT2D eigenvalue weighted by Crippen LogP contribution is 2.65. The van der Waals surface area contributed by atoms with Crippen LogP contribution < -0.4 is 27.0 Å². The van der Waals surface area contributed by atoms with Crippen LogP contribution in [-0.4, -0.2) is 96.0 Å². The molecule has 0 aromatic heterocycles. The summed E-state index contributed by atoms with van der Waals surface area (Å²) in [5.74, 6) is -2.11. The van der Waals surface area contributed by atoms with Crippen molar-refractivity contribution >= 4 is 36.7 Å². The van der Waals surface area contributed by atoms with Crippen LogP contribution in [-0.2, 0) is 41.3 Å². The van der Waals surface area contributed by atoms with Crippen LogP contribution in [0.15, 0.2) is 66.7 Å². The quantitative estimate of drug-likeness (QED) is 0.0746. The molecule has 1 saturated heterocycles. The Morgan fingerprint density at radius 1 is 0.926 bits per heavy atom. The molecule has 0 spiro atoms. The number of hydrogen-bond acceptors (Lipinski definition) is 9. The first-order chi connectivity index (χ1) is 32.4. The van der Waals surface area contributed by atoms with Crippen molar-refractivity contribution in [2.45, 2.75) is 160 Å². The number of carbonyl (C=O) groups excluding carboxylic acids is 5. The van der Waals surface area contributed by atoms with Gasteiger partial charge in [-0.1, -0.05) is 76.1 Å². The van der Waals surface area contributed by atoms with Gasteiger partial charge in [-0.05, 0) is 161 Å². The van der Waals surface area contributed by atoms with Crippen LogP contribution >= 0.6 is 0 Å². The number of hydrogen-bond donors (Lipinski definition) is 6. The fourth-order valence-corrected chi connectivity index (χ4v) is 11.0. The Morgan fingerprint density at radius 3 is 2.31 bits per heavy atom. The number of benzene rings is 3. The standard InChI is InChI=1S/C53H73BN6O8/c1-8-9-14-34-18-20-35(21-19-34)36-22-24-37(25-23-36)48(63)59-42(17-12-13-28-55)51(66)60(7)46-39-26-27-43(61)38(29-39)15-10-11-16-41(58-47(62)32(2)56-50(46)65)49(64)57-33(3)54-67-45-31-40-30-44(52(40,4)5)53(45,6)68-54/h18-27,29,32-33,40-42,44-46,61H,8-17,28,30-31,55H2,1-7H3,(H,56,65)(H,57,64)(H,58,62)(H,59,63). The Labute approximate surface area is 402 Å². The molecule has 2 heterocycles. The maximum atomic E-state index is 14.6. The molecule has 7 N–H and O–H groups in total. The molecular formula is C53H73BN6O8. The predicted octanol–water partition coefficient (Wildman–Crippen LogP) is 6.32. The molecule has 3 saturated carbocycles. The number of nitrogens with one attached hydrogen (secondary N) is 4. The van der Waals surface area contributed by atoms with E-state index in [9.17, 15) is 29.1 Å². The largest absolute Gasteiger partial charge is 0.508 e. The summed E-state index contributed by atoms with van der Waals surface area (Å²) < 4.78 is 13.0. The molecule has 15 heteroatoms. The van der Waals surface area contributed by atoms with Gasteiger partial charge in [0, 0.05) is 12.6 Å². The van der Waals surface area contributed by atoms with E-state index in [0.29, 0.717) is 73.6 Å². The Balaban J connectivity index is 1.05. The normalized spacial score (nSPS) is 26.4. The van der Waals surface area contributed by atoms with Gasteiger partial charge in [-0.15, -0.1) is 0 Å². The van der Waals surface area contributed by atoms with Crippen LogP contribution in [0.2, 0.25) is 0 Å². The van der Waals surface area contributed by atoms with Gasteiger partial charge in [0.15, 0.2) is 0 Å². The minimum absolute atomic E-state index is 0.0347. The number of aromatic hydroxyl groups is 1. The number of likely N-dealkylation sites (N-methyl/N-ethyl adjacent to an activating group) is 1. The number of unbranched alkanes of at least 4 members (excludes halogenated alkanes) is 2. The van der Waals surface area contributed by atoms with Crippen LogP contribution in [0.25, 0.3) is 11.1 Å². The summed E-state index contributed by atoms with van der Waals surface area (Å²) in [6.07, 6.45) is 8.50. The summed E-state index contributed by atoms with van der Waals surface area (Å²) in [5, 5.41) is 22.6. The molecule has 3 aromatic rings. The zero-order chi connectivity index (χ0) is 48.9. The Morgan fingerprint density at radius 2 is 1.63 bits per heavy atom. The van der Waals surface area contributed by atoms with Gasteiger partial charge in [0.25, 0.3) is 5.91 Å². The number of aryl methyl sites for hydroxylation is 2. The average molecular weight is 933 g/mol. The van der Waals surface area contributed by atoms with E-state index in [-0.39, 0.29) is 23.7 Å². The first-order valence-corrected chi connectivity index (χ1v) is 25.0. The lowest BCUT2D eigenvalue weighted by Crippen LogP contribution is -2.65. The van der Waals surface area contributed by atoms with Crippen molar-refractivity contribution in [1.82, 2.24) is 26.2 Å². The lowest BCUT2D eigenvalue weighted by atomic mass is 9.43. The first-order valence-electron chi connectivity index (χ1n) is 25.0. The van der Waals surface area contributed by atoms with E-state index in [1.165, 1.54) is 30.5 Å². The number of phenolic OH excluding ortho intramolecular Hbond substituents is 1. The van der Waals surface area contributed by atoms with Gasteiger partial charge in [0.2, 0.25) is 23.6 Å². The number of carbonyl (C=O) groups is 5. The second-order valence-corrected chi connectivity index (χ2v) is 20.6. The maximum absolute atomic E-state index is 14.6. The highest BCUT2D eigenvalue weighted by molar-refractivity contribution is 6.47. The van der Waals surface area contributed by atoms with E-state index in [1.54, 1.807) is 24.3 Å². The zero-order valence-corrected chi connectivity index (χ0v) is 41.1. The minimum atomic E-state index is -1.25. The fraction of sp³-hybridized carbons (Fsp3) is 0.566. The van der Waals surface area contributed by atoms with Crippen LogP contribution in [0.1, 0.15) is 139 Å². The predicted molar refractivity (Wildman–Crippen MR) is 263 cm³/mol. The third-order valence-corrected chi connectivity index (χ3v) is 15.5. The van der Waals surface area contributed by atoms with E-state index in [1.807, 2.05) is 19.1 Å². The molecule has 3 aliphatic carbocycles. The fourth-order valence-electron chi connectivity index (χ4n) is 11.0. The third kappa shape index (κ3) is 10.9. The van der Waals surface area contributed by atoms with E-state index in [2.05, 4.69) is 73.2 Å². The van der Waals surface area contributed by atoms with Gasteiger partial charge in [0.1, 0.15) is 29.9 Å². The lowest BCUT2D eigenvalue weighted by molar-refractivity contribution is -0.199. The van der Waals surface area contributed by atoms with Gasteiger partial charge in [-0.3, -0.25) is 24.0 Å². The monoisotopic (exact) mass is 933 g/mol. The van der Waals surface area contributed by atoms with E-state index in [4.69, 9.17) is 15.0 Å². The molecule has 14 nitrogen and oxygen atoms in total. The summed E-state index contributed by atoms with van der Waals surface area (Å²) >= 11 is 0. The topological polar surface area (TPSA) is 201 Å². The first kappa shape index (κ1) is 50.6. The molecule has 2 aliphatic heterocycles.